The van der Waals surface area contributed by atoms with Crippen molar-refractivity contribution in [1.29, 1.82) is 0 Å². The van der Waals surface area contributed by atoms with Crippen LogP contribution >= 0.6 is 15.9 Å². The topological polar surface area (TPSA) is 34.9 Å². The summed E-state index contributed by atoms with van der Waals surface area (Å²) < 4.78 is 2.53. The van der Waals surface area contributed by atoms with E-state index in [9.17, 15) is 4.79 Å². The summed E-state index contributed by atoms with van der Waals surface area (Å²) in [6.45, 7) is 1.92. The predicted molar refractivity (Wildman–Crippen MR) is 65.5 cm³/mol. The molecule has 0 aliphatic heterocycles. The molecule has 0 aliphatic rings. The van der Waals surface area contributed by atoms with Crippen LogP contribution < -0.4 is 0 Å². The summed E-state index contributed by atoms with van der Waals surface area (Å²) in [4.78, 5) is 12.2. The Balaban J connectivity index is 2.50. The summed E-state index contributed by atoms with van der Waals surface area (Å²) >= 11 is 3.42. The van der Waals surface area contributed by atoms with Gasteiger partial charge in [-0.3, -0.25) is 9.48 Å². The lowest BCUT2D eigenvalue weighted by Gasteiger charge is -2.06. The average Bonchev–Trinajstić information content (AvgIpc) is 2.68. The summed E-state index contributed by atoms with van der Waals surface area (Å²) in [6.07, 6.45) is 1.63. The van der Waals surface area contributed by atoms with Crippen molar-refractivity contribution in [2.24, 2.45) is 7.05 Å². The summed E-state index contributed by atoms with van der Waals surface area (Å²) in [5.74, 6) is -0.00111. The number of aromatic nitrogens is 2. The van der Waals surface area contributed by atoms with Crippen LogP contribution in [0.3, 0.4) is 0 Å². The van der Waals surface area contributed by atoms with E-state index in [0.717, 1.165) is 10.0 Å². The minimum absolute atomic E-state index is 0.00111. The molecule has 0 bridgehead atoms. The van der Waals surface area contributed by atoms with Crippen LogP contribution in [-0.2, 0) is 7.05 Å². The smallest absolute Gasteiger partial charge is 0.211 e. The van der Waals surface area contributed by atoms with Gasteiger partial charge in [-0.05, 0) is 24.6 Å². The van der Waals surface area contributed by atoms with E-state index in [2.05, 4.69) is 21.0 Å². The molecular weight excluding hydrogens is 268 g/mol. The molecule has 0 spiro atoms. The number of nitrogens with zero attached hydrogens (tertiary/aromatic N) is 2. The maximum atomic E-state index is 12.2. The Bertz CT molecular complexity index is 546. The molecule has 0 saturated heterocycles. The first-order chi connectivity index (χ1) is 7.61. The fourth-order valence-electron chi connectivity index (χ4n) is 1.59. The van der Waals surface area contributed by atoms with E-state index in [1.54, 1.807) is 24.0 Å². The molecule has 2 aromatic rings. The Hall–Kier alpha value is -1.42. The van der Waals surface area contributed by atoms with E-state index in [0.29, 0.717) is 11.3 Å². The molecule has 0 aliphatic carbocycles. The molecule has 3 nitrogen and oxygen atoms in total. The SMILES string of the molecule is Cc1c(Br)cccc1C(=O)c1ccnn1C. The number of hydrogen-bond acceptors (Lipinski definition) is 2. The van der Waals surface area contributed by atoms with E-state index in [-0.39, 0.29) is 5.78 Å². The summed E-state index contributed by atoms with van der Waals surface area (Å²) in [7, 11) is 1.76. The molecule has 1 heterocycles. The second-order valence-corrected chi connectivity index (χ2v) is 4.44. The van der Waals surface area contributed by atoms with Gasteiger partial charge in [-0.1, -0.05) is 28.1 Å². The quantitative estimate of drug-likeness (QED) is 0.792. The van der Waals surface area contributed by atoms with Crippen LogP contribution in [0.4, 0.5) is 0 Å². The molecule has 0 atom stereocenters. The fraction of sp³-hybridized carbons (Fsp3) is 0.167. The second kappa shape index (κ2) is 4.22. The lowest BCUT2D eigenvalue weighted by molar-refractivity contribution is 0.102. The molecule has 0 radical (unpaired) electrons. The molecule has 1 aromatic heterocycles. The number of carbonyl (C=O) groups is 1. The minimum atomic E-state index is -0.00111. The van der Waals surface area contributed by atoms with Crippen molar-refractivity contribution in [2.45, 2.75) is 6.92 Å². The zero-order valence-electron chi connectivity index (χ0n) is 9.07. The van der Waals surface area contributed by atoms with Crippen molar-refractivity contribution >= 4 is 21.7 Å². The maximum absolute atomic E-state index is 12.2. The fourth-order valence-corrected chi connectivity index (χ4v) is 1.95. The van der Waals surface area contributed by atoms with E-state index >= 15 is 0 Å². The Morgan fingerprint density at radius 3 is 2.75 bits per heavy atom. The van der Waals surface area contributed by atoms with Gasteiger partial charge in [0.15, 0.2) is 0 Å². The van der Waals surface area contributed by atoms with E-state index in [1.807, 2.05) is 25.1 Å². The van der Waals surface area contributed by atoms with Crippen LogP contribution in [-0.4, -0.2) is 15.6 Å². The normalized spacial score (nSPS) is 10.4. The molecule has 0 fully saturated rings. The van der Waals surface area contributed by atoms with E-state index in [4.69, 9.17) is 0 Å². The molecule has 0 saturated carbocycles. The van der Waals surface area contributed by atoms with Crippen LogP contribution in [0.15, 0.2) is 34.9 Å². The average molecular weight is 279 g/mol. The van der Waals surface area contributed by atoms with Gasteiger partial charge < -0.3 is 0 Å². The molecule has 1 aromatic carbocycles. The number of carbonyl (C=O) groups excluding carboxylic acids is 1. The number of halogens is 1. The molecule has 16 heavy (non-hydrogen) atoms. The van der Waals surface area contributed by atoms with Gasteiger partial charge in [0.25, 0.3) is 0 Å². The minimum Gasteiger partial charge on any atom is -0.287 e. The first-order valence-electron chi connectivity index (χ1n) is 4.89. The Labute approximate surface area is 102 Å². The Morgan fingerprint density at radius 2 is 2.12 bits per heavy atom. The van der Waals surface area contributed by atoms with Crippen molar-refractivity contribution in [2.75, 3.05) is 0 Å². The first-order valence-corrected chi connectivity index (χ1v) is 5.68. The number of benzene rings is 1. The van der Waals surface area contributed by atoms with Crippen molar-refractivity contribution in [3.05, 3.63) is 51.8 Å². The summed E-state index contributed by atoms with van der Waals surface area (Å²) in [5.41, 5.74) is 2.26. The Morgan fingerprint density at radius 1 is 1.38 bits per heavy atom. The predicted octanol–water partition coefficient (Wildman–Crippen LogP) is 2.72. The monoisotopic (exact) mass is 278 g/mol. The lowest BCUT2D eigenvalue weighted by Crippen LogP contribution is -2.09. The van der Waals surface area contributed by atoms with Gasteiger partial charge in [-0.2, -0.15) is 5.10 Å². The molecule has 0 amide bonds. The molecule has 0 N–H and O–H groups in total. The van der Waals surface area contributed by atoms with Crippen LogP contribution in [0.25, 0.3) is 0 Å². The third-order valence-corrected chi connectivity index (χ3v) is 3.42. The van der Waals surface area contributed by atoms with Gasteiger partial charge >= 0.3 is 0 Å². The third kappa shape index (κ3) is 1.80. The maximum Gasteiger partial charge on any atom is 0.211 e. The van der Waals surface area contributed by atoms with Crippen LogP contribution in [0.1, 0.15) is 21.6 Å². The zero-order chi connectivity index (χ0) is 11.7. The number of ketones is 1. The molecule has 0 unspecified atom stereocenters. The molecule has 2 rings (SSSR count). The highest BCUT2D eigenvalue weighted by atomic mass is 79.9. The van der Waals surface area contributed by atoms with Gasteiger partial charge in [0, 0.05) is 23.3 Å². The van der Waals surface area contributed by atoms with E-state index in [1.165, 1.54) is 0 Å². The van der Waals surface area contributed by atoms with E-state index < -0.39 is 0 Å². The third-order valence-electron chi connectivity index (χ3n) is 2.57. The highest BCUT2D eigenvalue weighted by molar-refractivity contribution is 9.10. The largest absolute Gasteiger partial charge is 0.287 e. The number of rotatable bonds is 2. The highest BCUT2D eigenvalue weighted by Gasteiger charge is 2.15. The van der Waals surface area contributed by atoms with Gasteiger partial charge in [0.05, 0.1) is 0 Å². The van der Waals surface area contributed by atoms with Gasteiger partial charge in [-0.25, -0.2) is 0 Å². The second-order valence-electron chi connectivity index (χ2n) is 3.58. The highest BCUT2D eigenvalue weighted by Crippen LogP contribution is 2.21. The number of hydrogen-bond donors (Lipinski definition) is 0. The standard InChI is InChI=1S/C12H11BrN2O/c1-8-9(4-3-5-10(8)13)12(16)11-6-7-14-15(11)2/h3-7H,1-2H3. The molecule has 4 heteroatoms. The summed E-state index contributed by atoms with van der Waals surface area (Å²) in [6, 6.07) is 7.34. The van der Waals surface area contributed by atoms with Crippen LogP contribution in [0.5, 0.6) is 0 Å². The van der Waals surface area contributed by atoms with Gasteiger partial charge in [-0.15, -0.1) is 0 Å². The number of aryl methyl sites for hydroxylation is 1. The lowest BCUT2D eigenvalue weighted by atomic mass is 10.0. The molecular formula is C12H11BrN2O. The van der Waals surface area contributed by atoms with Crippen molar-refractivity contribution in [3.63, 3.8) is 0 Å². The first kappa shape index (κ1) is 11.1. The van der Waals surface area contributed by atoms with Crippen LogP contribution in [0, 0.1) is 6.92 Å². The van der Waals surface area contributed by atoms with Gasteiger partial charge in [0.2, 0.25) is 5.78 Å². The van der Waals surface area contributed by atoms with Crippen molar-refractivity contribution in [3.8, 4) is 0 Å². The summed E-state index contributed by atoms with van der Waals surface area (Å²) in [5, 5.41) is 4.00. The zero-order valence-corrected chi connectivity index (χ0v) is 10.7. The van der Waals surface area contributed by atoms with Crippen molar-refractivity contribution < 1.29 is 4.79 Å². The van der Waals surface area contributed by atoms with Crippen LogP contribution in [0.2, 0.25) is 0 Å². The van der Waals surface area contributed by atoms with Crippen molar-refractivity contribution in [1.82, 2.24) is 9.78 Å². The van der Waals surface area contributed by atoms with Gasteiger partial charge in [0.1, 0.15) is 5.69 Å². The Kier molecular flexibility index (Phi) is 2.92. The molecule has 82 valence electrons.